The molecule has 1 aromatic carbocycles. The van der Waals surface area contributed by atoms with E-state index in [2.05, 4.69) is 22.4 Å². The Morgan fingerprint density at radius 2 is 1.96 bits per heavy atom. The van der Waals surface area contributed by atoms with Crippen LogP contribution in [0.3, 0.4) is 0 Å². The Morgan fingerprint density at radius 3 is 2.62 bits per heavy atom. The number of hydrogen-bond acceptors (Lipinski definition) is 5. The van der Waals surface area contributed by atoms with E-state index in [0.29, 0.717) is 5.17 Å². The van der Waals surface area contributed by atoms with Gasteiger partial charge in [0.05, 0.1) is 18.1 Å². The first-order valence-electron chi connectivity index (χ1n) is 8.50. The zero-order valence-corrected chi connectivity index (χ0v) is 15.1. The third-order valence-electron chi connectivity index (χ3n) is 3.64. The van der Waals surface area contributed by atoms with Gasteiger partial charge < -0.3 is 10.1 Å². The number of carbonyl (C=O) groups excluding carboxylic acids is 1. The van der Waals surface area contributed by atoms with E-state index < -0.39 is 0 Å². The molecule has 1 unspecified atom stereocenters. The smallest absolute Gasteiger partial charge is 0.239 e. The number of rotatable bonds is 9. The van der Waals surface area contributed by atoms with Gasteiger partial charge in [-0.2, -0.15) is 5.10 Å². The second-order valence-corrected chi connectivity index (χ2v) is 7.06. The molecule has 0 spiro atoms. The third-order valence-corrected chi connectivity index (χ3v) is 4.61. The van der Waals surface area contributed by atoms with Crippen LogP contribution in [-0.4, -0.2) is 29.1 Å². The zero-order valence-electron chi connectivity index (χ0n) is 14.3. The van der Waals surface area contributed by atoms with Crippen LogP contribution in [0.5, 0.6) is 5.75 Å². The number of amidine groups is 1. The van der Waals surface area contributed by atoms with Crippen molar-refractivity contribution in [2.24, 2.45) is 10.2 Å². The molecule has 0 aliphatic carbocycles. The molecule has 1 aliphatic heterocycles. The molecule has 1 atom stereocenters. The first kappa shape index (κ1) is 18.5. The second kappa shape index (κ2) is 10.1. The fraction of sp³-hybridized carbons (Fsp3) is 0.500. The molecule has 130 valence electrons. The van der Waals surface area contributed by atoms with Crippen molar-refractivity contribution in [3.8, 4) is 5.75 Å². The van der Waals surface area contributed by atoms with Crippen LogP contribution >= 0.6 is 11.8 Å². The van der Waals surface area contributed by atoms with Crippen LogP contribution < -0.4 is 10.1 Å². The van der Waals surface area contributed by atoms with Gasteiger partial charge in [-0.15, -0.1) is 5.10 Å². The molecule has 0 saturated carbocycles. The number of thioether (sulfide) groups is 1. The summed E-state index contributed by atoms with van der Waals surface area (Å²) in [4.78, 5) is 11.3. The SMILES string of the molecule is CCCCCCCOc1ccc(/C=N/N=C2NC(=O)C(C)S2)cc1. The number of unbranched alkanes of at least 4 members (excludes halogenated alkanes) is 4. The van der Waals surface area contributed by atoms with Crippen LogP contribution in [0.25, 0.3) is 0 Å². The quantitative estimate of drug-likeness (QED) is 0.417. The summed E-state index contributed by atoms with van der Waals surface area (Å²) < 4.78 is 5.73. The van der Waals surface area contributed by atoms with Gasteiger partial charge in [0.1, 0.15) is 5.75 Å². The zero-order chi connectivity index (χ0) is 17.2. The Hall–Kier alpha value is -1.82. The Bertz CT molecular complexity index is 584. The van der Waals surface area contributed by atoms with Gasteiger partial charge in [-0.05, 0) is 43.2 Å². The highest BCUT2D eigenvalue weighted by atomic mass is 32.2. The van der Waals surface area contributed by atoms with Crippen molar-refractivity contribution in [1.82, 2.24) is 5.32 Å². The highest BCUT2D eigenvalue weighted by molar-refractivity contribution is 8.15. The molecule has 5 nitrogen and oxygen atoms in total. The maximum atomic E-state index is 11.3. The number of carbonyl (C=O) groups is 1. The van der Waals surface area contributed by atoms with E-state index in [4.69, 9.17) is 4.74 Å². The molecule has 1 fully saturated rings. The minimum Gasteiger partial charge on any atom is -0.494 e. The Morgan fingerprint density at radius 1 is 1.21 bits per heavy atom. The lowest BCUT2D eigenvalue weighted by Crippen LogP contribution is -2.23. The predicted molar refractivity (Wildman–Crippen MR) is 101 cm³/mol. The molecule has 1 saturated heterocycles. The average molecular weight is 347 g/mol. The monoisotopic (exact) mass is 347 g/mol. The number of hydrogen-bond donors (Lipinski definition) is 1. The predicted octanol–water partition coefficient (Wildman–Crippen LogP) is 3.98. The van der Waals surface area contributed by atoms with Crippen molar-refractivity contribution in [1.29, 1.82) is 0 Å². The summed E-state index contributed by atoms with van der Waals surface area (Å²) in [7, 11) is 0. The van der Waals surface area contributed by atoms with E-state index in [1.54, 1.807) is 6.21 Å². The van der Waals surface area contributed by atoms with Crippen LogP contribution in [0.4, 0.5) is 0 Å². The second-order valence-electron chi connectivity index (χ2n) is 5.73. The van der Waals surface area contributed by atoms with Crippen molar-refractivity contribution in [3.63, 3.8) is 0 Å². The number of amides is 1. The largest absolute Gasteiger partial charge is 0.494 e. The first-order chi connectivity index (χ1) is 11.7. The molecule has 1 aliphatic rings. The molecule has 2 rings (SSSR count). The molecule has 1 N–H and O–H groups in total. The summed E-state index contributed by atoms with van der Waals surface area (Å²) in [6.07, 6.45) is 7.85. The number of ether oxygens (including phenoxy) is 1. The van der Waals surface area contributed by atoms with Gasteiger partial charge in [0, 0.05) is 0 Å². The van der Waals surface area contributed by atoms with Crippen LogP contribution in [-0.2, 0) is 4.79 Å². The summed E-state index contributed by atoms with van der Waals surface area (Å²) >= 11 is 1.38. The van der Waals surface area contributed by atoms with E-state index in [1.807, 2.05) is 31.2 Å². The third kappa shape index (κ3) is 6.35. The lowest BCUT2D eigenvalue weighted by Gasteiger charge is -2.06. The first-order valence-corrected chi connectivity index (χ1v) is 9.38. The Kier molecular flexibility index (Phi) is 7.82. The topological polar surface area (TPSA) is 63.1 Å². The van der Waals surface area contributed by atoms with Gasteiger partial charge in [0.2, 0.25) is 5.91 Å². The Balaban J connectivity index is 1.73. The summed E-state index contributed by atoms with van der Waals surface area (Å²) in [5.74, 6) is 0.853. The van der Waals surface area contributed by atoms with Gasteiger partial charge in [-0.1, -0.05) is 44.4 Å². The molecule has 0 radical (unpaired) electrons. The van der Waals surface area contributed by atoms with Crippen molar-refractivity contribution in [2.45, 2.75) is 51.2 Å². The molecule has 0 bridgehead atoms. The molecule has 0 aromatic heterocycles. The Labute approximate surface area is 148 Å². The summed E-state index contributed by atoms with van der Waals surface area (Å²) in [6, 6.07) is 7.77. The van der Waals surface area contributed by atoms with Gasteiger partial charge >= 0.3 is 0 Å². The van der Waals surface area contributed by atoms with Crippen molar-refractivity contribution >= 4 is 29.1 Å². The molecule has 1 heterocycles. The molecular formula is C18H25N3O2S. The minimum absolute atomic E-state index is 0.0230. The molecule has 24 heavy (non-hydrogen) atoms. The lowest BCUT2D eigenvalue weighted by atomic mass is 10.2. The van der Waals surface area contributed by atoms with Gasteiger partial charge in [-0.3, -0.25) is 4.79 Å². The van der Waals surface area contributed by atoms with Crippen LogP contribution in [0.2, 0.25) is 0 Å². The number of benzene rings is 1. The summed E-state index contributed by atoms with van der Waals surface area (Å²) in [5.41, 5.74) is 0.942. The maximum Gasteiger partial charge on any atom is 0.239 e. The van der Waals surface area contributed by atoms with E-state index in [-0.39, 0.29) is 11.2 Å². The fourth-order valence-corrected chi connectivity index (χ4v) is 2.95. The van der Waals surface area contributed by atoms with Gasteiger partial charge in [-0.25, -0.2) is 0 Å². The normalized spacial score (nSPS) is 19.2. The molecule has 1 aromatic rings. The van der Waals surface area contributed by atoms with Crippen LogP contribution in [0.1, 0.15) is 51.5 Å². The summed E-state index contributed by atoms with van der Waals surface area (Å²) in [6.45, 7) is 4.82. The highest BCUT2D eigenvalue weighted by Crippen LogP contribution is 2.18. The molecule has 1 amide bonds. The van der Waals surface area contributed by atoms with Crippen molar-refractivity contribution in [3.05, 3.63) is 29.8 Å². The maximum absolute atomic E-state index is 11.3. The summed E-state index contributed by atoms with van der Waals surface area (Å²) in [5, 5.41) is 11.2. The van der Waals surface area contributed by atoms with E-state index in [1.165, 1.54) is 37.4 Å². The fourth-order valence-electron chi connectivity index (χ4n) is 2.20. The lowest BCUT2D eigenvalue weighted by molar-refractivity contribution is -0.118. The number of nitrogens with one attached hydrogen (secondary N) is 1. The van der Waals surface area contributed by atoms with Gasteiger partial charge in [0.15, 0.2) is 5.17 Å². The van der Waals surface area contributed by atoms with E-state index >= 15 is 0 Å². The van der Waals surface area contributed by atoms with Gasteiger partial charge in [0.25, 0.3) is 0 Å². The average Bonchev–Trinajstić information content (AvgIpc) is 2.90. The molecular weight excluding hydrogens is 322 g/mol. The molecule has 6 heteroatoms. The van der Waals surface area contributed by atoms with Crippen LogP contribution in [0, 0.1) is 0 Å². The van der Waals surface area contributed by atoms with E-state index in [0.717, 1.165) is 24.3 Å². The van der Waals surface area contributed by atoms with Crippen molar-refractivity contribution < 1.29 is 9.53 Å². The number of nitrogens with zero attached hydrogens (tertiary/aromatic N) is 2. The minimum atomic E-state index is -0.0997. The van der Waals surface area contributed by atoms with E-state index in [9.17, 15) is 4.79 Å². The highest BCUT2D eigenvalue weighted by Gasteiger charge is 2.25. The standard InChI is InChI=1S/C18H25N3O2S/c1-3-4-5-6-7-12-23-16-10-8-15(9-11-16)13-19-21-18-20-17(22)14(2)24-18/h8-11,13-14H,3-7,12H2,1-2H3,(H,20,21,22)/b19-13+. The van der Waals surface area contributed by atoms with Crippen LogP contribution in [0.15, 0.2) is 34.5 Å². The van der Waals surface area contributed by atoms with Crippen molar-refractivity contribution in [2.75, 3.05) is 6.61 Å².